The molecule has 6 nitrogen and oxygen atoms in total. The van der Waals surface area contributed by atoms with Crippen molar-refractivity contribution in [2.75, 3.05) is 13.1 Å². The summed E-state index contributed by atoms with van der Waals surface area (Å²) in [7, 11) is -3.09. The van der Waals surface area contributed by atoms with Crippen LogP contribution in [-0.4, -0.2) is 37.1 Å². The Balaban J connectivity index is 2.06. The molecule has 1 unspecified atom stereocenters. The molecule has 2 rings (SSSR count). The Labute approximate surface area is 88.9 Å². The molecule has 1 saturated heterocycles. The molecule has 7 heteroatoms. The van der Waals surface area contributed by atoms with Gasteiger partial charge in [-0.15, -0.1) is 0 Å². The second-order valence-electron chi connectivity index (χ2n) is 4.10. The van der Waals surface area contributed by atoms with Crippen molar-refractivity contribution in [3.8, 4) is 0 Å². The second kappa shape index (κ2) is 4.00. The molecular weight excluding hydrogens is 216 g/mol. The lowest BCUT2D eigenvalue weighted by Crippen LogP contribution is -2.42. The van der Waals surface area contributed by atoms with E-state index < -0.39 is 10.0 Å². The highest BCUT2D eigenvalue weighted by atomic mass is 32.2. The van der Waals surface area contributed by atoms with Crippen LogP contribution in [0.25, 0.3) is 10.4 Å². The first kappa shape index (κ1) is 10.7. The van der Waals surface area contributed by atoms with Gasteiger partial charge in [-0.25, -0.2) is 12.7 Å². The molecular formula is C8H14N4O2S. The molecule has 1 atom stereocenters. The maximum atomic E-state index is 11.9. The van der Waals surface area contributed by atoms with Crippen molar-refractivity contribution in [2.45, 2.75) is 37.0 Å². The Morgan fingerprint density at radius 1 is 1.33 bits per heavy atom. The second-order valence-corrected chi connectivity index (χ2v) is 6.32. The summed E-state index contributed by atoms with van der Waals surface area (Å²) in [6, 6.07) is -0.183. The van der Waals surface area contributed by atoms with E-state index in [0.29, 0.717) is 13.1 Å². The Bertz CT molecular complexity index is 383. The third-order valence-corrected chi connectivity index (χ3v) is 5.24. The molecule has 0 bridgehead atoms. The normalized spacial score (nSPS) is 28.4. The summed E-state index contributed by atoms with van der Waals surface area (Å²) in [5, 5.41) is 3.44. The molecule has 0 aromatic heterocycles. The van der Waals surface area contributed by atoms with Crippen LogP contribution in [0.4, 0.5) is 0 Å². The van der Waals surface area contributed by atoms with E-state index in [9.17, 15) is 8.42 Å². The van der Waals surface area contributed by atoms with Gasteiger partial charge in [0.15, 0.2) is 0 Å². The first-order valence-electron chi connectivity index (χ1n) is 5.18. The standard InChI is InChI=1S/C8H14N4O2S/c9-11-10-7-2-1-5-12(6-7)15(13,14)8-3-4-8/h7-8H,1-6H2. The Morgan fingerprint density at radius 2 is 2.07 bits per heavy atom. The van der Waals surface area contributed by atoms with E-state index in [1.807, 2.05) is 0 Å². The fraction of sp³-hybridized carbons (Fsp3) is 1.00. The Morgan fingerprint density at radius 3 is 2.67 bits per heavy atom. The molecule has 0 amide bonds. The summed E-state index contributed by atoms with van der Waals surface area (Å²) < 4.78 is 25.3. The average molecular weight is 230 g/mol. The Kier molecular flexibility index (Phi) is 2.86. The minimum atomic E-state index is -3.09. The van der Waals surface area contributed by atoms with Crippen molar-refractivity contribution in [3.05, 3.63) is 10.4 Å². The van der Waals surface area contributed by atoms with Crippen LogP contribution >= 0.6 is 0 Å². The van der Waals surface area contributed by atoms with E-state index in [-0.39, 0.29) is 11.3 Å². The molecule has 1 aliphatic heterocycles. The van der Waals surface area contributed by atoms with Gasteiger partial charge in [0, 0.05) is 18.0 Å². The van der Waals surface area contributed by atoms with Crippen LogP contribution in [0.5, 0.6) is 0 Å². The van der Waals surface area contributed by atoms with E-state index >= 15 is 0 Å². The SMILES string of the molecule is [N-]=[N+]=NC1CCCN(S(=O)(=O)C2CC2)C1. The summed E-state index contributed by atoms with van der Waals surface area (Å²) in [6.07, 6.45) is 3.15. The molecule has 0 spiro atoms. The third-order valence-electron chi connectivity index (χ3n) is 2.88. The van der Waals surface area contributed by atoms with Crippen LogP contribution in [0.3, 0.4) is 0 Å². The highest BCUT2D eigenvalue weighted by Gasteiger charge is 2.41. The highest BCUT2D eigenvalue weighted by Crippen LogP contribution is 2.32. The van der Waals surface area contributed by atoms with Gasteiger partial charge in [-0.2, -0.15) is 0 Å². The number of hydrogen-bond acceptors (Lipinski definition) is 3. The molecule has 2 fully saturated rings. The number of hydrogen-bond donors (Lipinski definition) is 0. The van der Waals surface area contributed by atoms with E-state index in [2.05, 4.69) is 10.0 Å². The van der Waals surface area contributed by atoms with Crippen LogP contribution in [0.15, 0.2) is 5.11 Å². The summed E-state index contributed by atoms with van der Waals surface area (Å²) >= 11 is 0. The molecule has 1 saturated carbocycles. The van der Waals surface area contributed by atoms with Gasteiger partial charge >= 0.3 is 0 Å². The fourth-order valence-electron chi connectivity index (χ4n) is 1.90. The van der Waals surface area contributed by atoms with E-state index in [1.165, 1.54) is 4.31 Å². The maximum Gasteiger partial charge on any atom is 0.216 e. The summed E-state index contributed by atoms with van der Waals surface area (Å²) in [4.78, 5) is 2.74. The van der Waals surface area contributed by atoms with E-state index in [4.69, 9.17) is 5.53 Å². The maximum absolute atomic E-state index is 11.9. The van der Waals surface area contributed by atoms with Crippen LogP contribution in [0.1, 0.15) is 25.7 Å². The zero-order valence-corrected chi connectivity index (χ0v) is 9.23. The third kappa shape index (κ3) is 2.25. The number of piperidine rings is 1. The van der Waals surface area contributed by atoms with Gasteiger partial charge in [0.2, 0.25) is 10.0 Å². The number of nitrogens with zero attached hydrogens (tertiary/aromatic N) is 4. The minimum absolute atomic E-state index is 0.165. The van der Waals surface area contributed by atoms with E-state index in [0.717, 1.165) is 25.7 Å². The molecule has 1 aliphatic carbocycles. The largest absolute Gasteiger partial charge is 0.216 e. The molecule has 0 N–H and O–H groups in total. The molecule has 0 aromatic rings. The summed E-state index contributed by atoms with van der Waals surface area (Å²) in [6.45, 7) is 0.944. The highest BCUT2D eigenvalue weighted by molar-refractivity contribution is 7.90. The van der Waals surface area contributed by atoms with Gasteiger partial charge in [-0.1, -0.05) is 5.11 Å². The first-order valence-corrected chi connectivity index (χ1v) is 6.68. The summed E-state index contributed by atoms with van der Waals surface area (Å²) in [5.74, 6) is 0. The molecule has 2 aliphatic rings. The van der Waals surface area contributed by atoms with Crippen molar-refractivity contribution in [3.63, 3.8) is 0 Å². The molecule has 84 valence electrons. The van der Waals surface area contributed by atoms with Gasteiger partial charge in [-0.05, 0) is 31.2 Å². The minimum Gasteiger partial charge on any atom is -0.212 e. The lowest BCUT2D eigenvalue weighted by Gasteiger charge is -2.29. The van der Waals surface area contributed by atoms with E-state index in [1.54, 1.807) is 0 Å². The zero-order valence-electron chi connectivity index (χ0n) is 8.41. The van der Waals surface area contributed by atoms with Gasteiger partial charge < -0.3 is 0 Å². The summed E-state index contributed by atoms with van der Waals surface area (Å²) in [5.41, 5.74) is 8.32. The van der Waals surface area contributed by atoms with Crippen LogP contribution < -0.4 is 0 Å². The smallest absolute Gasteiger partial charge is 0.212 e. The van der Waals surface area contributed by atoms with Crippen LogP contribution in [-0.2, 0) is 10.0 Å². The molecule has 0 aromatic carbocycles. The molecule has 15 heavy (non-hydrogen) atoms. The topological polar surface area (TPSA) is 86.1 Å². The van der Waals surface area contributed by atoms with Crippen molar-refractivity contribution in [1.29, 1.82) is 0 Å². The lowest BCUT2D eigenvalue weighted by molar-refractivity contribution is 0.315. The van der Waals surface area contributed by atoms with Crippen molar-refractivity contribution in [1.82, 2.24) is 4.31 Å². The van der Waals surface area contributed by atoms with Gasteiger partial charge in [0.25, 0.3) is 0 Å². The van der Waals surface area contributed by atoms with Crippen molar-refractivity contribution >= 4 is 10.0 Å². The van der Waals surface area contributed by atoms with Crippen LogP contribution in [0, 0.1) is 0 Å². The van der Waals surface area contributed by atoms with Crippen molar-refractivity contribution < 1.29 is 8.42 Å². The number of azide groups is 1. The van der Waals surface area contributed by atoms with Gasteiger partial charge in [0.1, 0.15) is 0 Å². The lowest BCUT2D eigenvalue weighted by atomic mass is 10.1. The number of rotatable bonds is 3. The quantitative estimate of drug-likeness (QED) is 0.415. The van der Waals surface area contributed by atoms with Gasteiger partial charge in [0.05, 0.1) is 11.3 Å². The molecule has 1 heterocycles. The Hall–Kier alpha value is -0.780. The first-order chi connectivity index (χ1) is 7.14. The monoisotopic (exact) mass is 230 g/mol. The average Bonchev–Trinajstić information content (AvgIpc) is 3.02. The predicted molar refractivity (Wildman–Crippen MR) is 55.7 cm³/mol. The van der Waals surface area contributed by atoms with Gasteiger partial charge in [-0.3, -0.25) is 0 Å². The zero-order chi connectivity index (χ0) is 10.9. The van der Waals surface area contributed by atoms with Crippen LogP contribution in [0.2, 0.25) is 0 Å². The predicted octanol–water partition coefficient (Wildman–Crippen LogP) is 1.25. The number of sulfonamides is 1. The van der Waals surface area contributed by atoms with Crippen molar-refractivity contribution in [2.24, 2.45) is 5.11 Å². The molecule has 0 radical (unpaired) electrons. The fourth-order valence-corrected chi connectivity index (χ4v) is 3.81.